The monoisotopic (exact) mass is 177 g/mol. The van der Waals surface area contributed by atoms with Crippen LogP contribution in [0.2, 0.25) is 0 Å². The van der Waals surface area contributed by atoms with Gasteiger partial charge in [-0.05, 0) is 24.7 Å². The predicted molar refractivity (Wildman–Crippen MR) is 43.0 cm³/mol. The van der Waals surface area contributed by atoms with Crippen molar-refractivity contribution in [2.24, 2.45) is 5.41 Å². The smallest absolute Gasteiger partial charge is 0.320 e. The molecule has 0 radical (unpaired) electrons. The lowest BCUT2D eigenvalue weighted by atomic mass is 10.0. The first-order chi connectivity index (χ1) is 4.72. The summed E-state index contributed by atoms with van der Waals surface area (Å²) in [5, 5.41) is 11.6. The summed E-state index contributed by atoms with van der Waals surface area (Å²) in [6.45, 7) is 0.921. The zero-order valence-corrected chi connectivity index (χ0v) is 6.99. The summed E-state index contributed by atoms with van der Waals surface area (Å²) >= 11 is 0. The van der Waals surface area contributed by atoms with Gasteiger partial charge in [0.25, 0.3) is 0 Å². The average molecular weight is 178 g/mol. The summed E-state index contributed by atoms with van der Waals surface area (Å²) in [6.07, 6.45) is 3.30. The Morgan fingerprint density at radius 2 is 2.18 bits per heavy atom. The minimum absolute atomic E-state index is 0. The second-order valence-electron chi connectivity index (χ2n) is 3.48. The van der Waals surface area contributed by atoms with Gasteiger partial charge in [0.05, 0.1) is 0 Å². The molecule has 1 heterocycles. The van der Waals surface area contributed by atoms with Crippen LogP contribution in [0.3, 0.4) is 0 Å². The first-order valence-corrected chi connectivity index (χ1v) is 3.68. The normalized spacial score (nSPS) is 31.5. The van der Waals surface area contributed by atoms with Gasteiger partial charge in [0.1, 0.15) is 6.04 Å². The van der Waals surface area contributed by atoms with Crippen LogP contribution < -0.4 is 5.32 Å². The third kappa shape index (κ3) is 1.49. The second-order valence-corrected chi connectivity index (χ2v) is 3.48. The van der Waals surface area contributed by atoms with Crippen molar-refractivity contribution in [2.45, 2.75) is 25.3 Å². The van der Waals surface area contributed by atoms with Gasteiger partial charge in [-0.1, -0.05) is 0 Å². The Balaban J connectivity index is 0.000000605. The van der Waals surface area contributed by atoms with Crippen molar-refractivity contribution in [3.63, 3.8) is 0 Å². The molecule has 0 aromatic heterocycles. The van der Waals surface area contributed by atoms with E-state index in [0.717, 1.165) is 13.0 Å². The van der Waals surface area contributed by atoms with Gasteiger partial charge in [0, 0.05) is 6.54 Å². The third-order valence-corrected chi connectivity index (χ3v) is 2.62. The average Bonchev–Trinajstić information content (AvgIpc) is 2.41. The number of carboxylic acids is 1. The highest BCUT2D eigenvalue weighted by atomic mass is 35.5. The Kier molecular flexibility index (Phi) is 2.12. The molecule has 0 bridgehead atoms. The van der Waals surface area contributed by atoms with Crippen molar-refractivity contribution >= 4 is 18.4 Å². The van der Waals surface area contributed by atoms with E-state index < -0.39 is 5.97 Å². The Labute approximate surface area is 71.6 Å². The molecule has 3 nitrogen and oxygen atoms in total. The van der Waals surface area contributed by atoms with E-state index in [9.17, 15) is 4.79 Å². The van der Waals surface area contributed by atoms with Crippen LogP contribution in [-0.4, -0.2) is 23.7 Å². The molecule has 4 heteroatoms. The number of hydrogen-bond acceptors (Lipinski definition) is 2. The Hall–Kier alpha value is -0.280. The lowest BCUT2D eigenvalue weighted by molar-refractivity contribution is -0.139. The number of carboxylic acid groups (broad SMARTS) is 1. The zero-order valence-electron chi connectivity index (χ0n) is 6.17. The van der Waals surface area contributed by atoms with E-state index in [1.807, 2.05) is 0 Å². The summed E-state index contributed by atoms with van der Waals surface area (Å²) in [5.41, 5.74) is 0.406. The lowest BCUT2D eigenvalue weighted by Crippen LogP contribution is -2.29. The summed E-state index contributed by atoms with van der Waals surface area (Å²) in [5.74, 6) is -0.691. The molecule has 11 heavy (non-hydrogen) atoms. The highest BCUT2D eigenvalue weighted by molar-refractivity contribution is 5.85. The van der Waals surface area contributed by atoms with Crippen LogP contribution in [-0.2, 0) is 4.79 Å². The Bertz CT molecular complexity index is 179. The van der Waals surface area contributed by atoms with Crippen molar-refractivity contribution in [1.29, 1.82) is 0 Å². The van der Waals surface area contributed by atoms with Crippen LogP contribution in [0.1, 0.15) is 19.3 Å². The fraction of sp³-hybridized carbons (Fsp3) is 0.857. The van der Waals surface area contributed by atoms with E-state index in [-0.39, 0.29) is 18.4 Å². The molecule has 2 aliphatic rings. The minimum atomic E-state index is -0.691. The molecule has 1 aliphatic heterocycles. The molecule has 1 saturated heterocycles. The number of rotatable bonds is 1. The van der Waals surface area contributed by atoms with Crippen LogP contribution in [0.4, 0.5) is 0 Å². The lowest BCUT2D eigenvalue weighted by Gasteiger charge is -2.01. The van der Waals surface area contributed by atoms with Gasteiger partial charge in [-0.25, -0.2) is 0 Å². The molecule has 1 atom stereocenters. The van der Waals surface area contributed by atoms with E-state index >= 15 is 0 Å². The van der Waals surface area contributed by atoms with Gasteiger partial charge < -0.3 is 10.4 Å². The maximum atomic E-state index is 10.5. The van der Waals surface area contributed by atoms with Crippen molar-refractivity contribution < 1.29 is 9.90 Å². The van der Waals surface area contributed by atoms with Crippen molar-refractivity contribution in [3.8, 4) is 0 Å². The highest BCUT2D eigenvalue weighted by Gasteiger charge is 2.49. The van der Waals surface area contributed by atoms with Crippen molar-refractivity contribution in [2.75, 3.05) is 6.54 Å². The second kappa shape index (κ2) is 2.64. The summed E-state index contributed by atoms with van der Waals surface area (Å²) in [7, 11) is 0. The van der Waals surface area contributed by atoms with E-state index in [1.54, 1.807) is 0 Å². The van der Waals surface area contributed by atoms with E-state index in [4.69, 9.17) is 5.11 Å². The minimum Gasteiger partial charge on any atom is -0.480 e. The predicted octanol–water partition coefficient (Wildman–Crippen LogP) is 0.635. The quantitative estimate of drug-likeness (QED) is 0.618. The van der Waals surface area contributed by atoms with E-state index in [0.29, 0.717) is 5.41 Å². The molecule has 0 aromatic carbocycles. The summed E-state index contributed by atoms with van der Waals surface area (Å²) in [4.78, 5) is 10.5. The Morgan fingerprint density at radius 3 is 2.45 bits per heavy atom. The first kappa shape index (κ1) is 8.81. The molecule has 64 valence electrons. The number of nitrogens with one attached hydrogen (secondary N) is 1. The zero-order chi connectivity index (χ0) is 7.19. The molecule has 2 N–H and O–H groups in total. The number of hydrogen-bond donors (Lipinski definition) is 2. The fourth-order valence-electron chi connectivity index (χ4n) is 1.65. The van der Waals surface area contributed by atoms with Crippen molar-refractivity contribution in [1.82, 2.24) is 5.32 Å². The SMILES string of the molecule is Cl.O=C(O)[C@H]1CC2(CC2)CN1. The van der Waals surface area contributed by atoms with E-state index in [1.165, 1.54) is 12.8 Å². The molecule has 0 unspecified atom stereocenters. The number of carbonyl (C=O) groups is 1. The molecule has 2 rings (SSSR count). The third-order valence-electron chi connectivity index (χ3n) is 2.62. The highest BCUT2D eigenvalue weighted by Crippen LogP contribution is 2.51. The molecule has 0 amide bonds. The van der Waals surface area contributed by atoms with Gasteiger partial charge >= 0.3 is 5.97 Å². The molecule has 1 spiro atoms. The molecular formula is C7H12ClNO2. The van der Waals surface area contributed by atoms with Gasteiger partial charge in [0.2, 0.25) is 0 Å². The summed E-state index contributed by atoms with van der Waals surface area (Å²) < 4.78 is 0. The largest absolute Gasteiger partial charge is 0.480 e. The van der Waals surface area contributed by atoms with Crippen LogP contribution in [0, 0.1) is 5.41 Å². The van der Waals surface area contributed by atoms with Crippen LogP contribution >= 0.6 is 12.4 Å². The topological polar surface area (TPSA) is 49.3 Å². The van der Waals surface area contributed by atoms with Crippen LogP contribution in [0.5, 0.6) is 0 Å². The van der Waals surface area contributed by atoms with Crippen LogP contribution in [0.15, 0.2) is 0 Å². The molecule has 2 fully saturated rings. The van der Waals surface area contributed by atoms with Gasteiger partial charge in [-0.15, -0.1) is 12.4 Å². The maximum Gasteiger partial charge on any atom is 0.320 e. The Morgan fingerprint density at radius 1 is 1.55 bits per heavy atom. The molecular weight excluding hydrogens is 166 g/mol. The van der Waals surface area contributed by atoms with Gasteiger partial charge in [-0.2, -0.15) is 0 Å². The number of aliphatic carboxylic acids is 1. The summed E-state index contributed by atoms with van der Waals surface area (Å²) in [6, 6.07) is -0.262. The first-order valence-electron chi connectivity index (χ1n) is 3.68. The molecule has 1 aliphatic carbocycles. The van der Waals surface area contributed by atoms with Gasteiger partial charge in [0.15, 0.2) is 0 Å². The molecule has 1 saturated carbocycles. The standard InChI is InChI=1S/C7H11NO2.ClH/c9-6(10)5-3-7(1-2-7)4-8-5;/h5,8H,1-4H2,(H,9,10);1H/t5-;/m1./s1. The maximum absolute atomic E-state index is 10.5. The van der Waals surface area contributed by atoms with E-state index in [2.05, 4.69) is 5.32 Å². The fourth-order valence-corrected chi connectivity index (χ4v) is 1.65. The molecule has 0 aromatic rings. The van der Waals surface area contributed by atoms with Crippen LogP contribution in [0.25, 0.3) is 0 Å². The van der Waals surface area contributed by atoms with Gasteiger partial charge in [-0.3, -0.25) is 4.79 Å². The number of halogens is 1. The van der Waals surface area contributed by atoms with Crippen molar-refractivity contribution in [3.05, 3.63) is 0 Å².